The van der Waals surface area contributed by atoms with Crippen LogP contribution in [0.2, 0.25) is 0 Å². The van der Waals surface area contributed by atoms with E-state index in [1.54, 1.807) is 11.0 Å². The molecule has 1 fully saturated rings. The number of rotatable bonds is 6. The zero-order valence-corrected chi connectivity index (χ0v) is 15.8. The summed E-state index contributed by atoms with van der Waals surface area (Å²) >= 11 is 0. The average molecular weight is 353 g/mol. The van der Waals surface area contributed by atoms with E-state index in [4.69, 9.17) is 0 Å². The molecule has 1 aromatic carbocycles. The van der Waals surface area contributed by atoms with Crippen LogP contribution in [0, 0.1) is 6.92 Å². The Bertz CT molecular complexity index is 749. The fourth-order valence-corrected chi connectivity index (χ4v) is 3.27. The Hall–Kier alpha value is -2.63. The fraction of sp³-hybridized carbons (Fsp3) is 0.450. The Morgan fingerprint density at radius 3 is 2.38 bits per heavy atom. The highest BCUT2D eigenvalue weighted by Crippen LogP contribution is 2.23. The van der Waals surface area contributed by atoms with Crippen molar-refractivity contribution in [2.45, 2.75) is 33.6 Å². The van der Waals surface area contributed by atoms with Crippen molar-refractivity contribution in [1.29, 1.82) is 0 Å². The summed E-state index contributed by atoms with van der Waals surface area (Å²) in [7, 11) is 0. The standard InChI is InChI=1S/C20H27N5O/c1-4-24(5-2)19(26)18-14-15(3)21-20(23-18)22-16-8-10-17(11-9-16)25-12-6-7-13-25/h8-11,14H,4-7,12-13H2,1-3H3,(H,21,22,23). The van der Waals surface area contributed by atoms with Gasteiger partial charge in [0.2, 0.25) is 5.95 Å². The predicted molar refractivity (Wildman–Crippen MR) is 105 cm³/mol. The monoisotopic (exact) mass is 353 g/mol. The lowest BCUT2D eigenvalue weighted by molar-refractivity contribution is 0.0767. The number of hydrogen-bond donors (Lipinski definition) is 1. The summed E-state index contributed by atoms with van der Waals surface area (Å²) in [5, 5.41) is 3.22. The van der Waals surface area contributed by atoms with Crippen LogP contribution in [0.25, 0.3) is 0 Å². The van der Waals surface area contributed by atoms with Crippen LogP contribution in [0.15, 0.2) is 30.3 Å². The number of hydrogen-bond acceptors (Lipinski definition) is 5. The largest absolute Gasteiger partial charge is 0.372 e. The highest BCUT2D eigenvalue weighted by molar-refractivity contribution is 5.92. The number of amides is 1. The van der Waals surface area contributed by atoms with Crippen molar-refractivity contribution in [1.82, 2.24) is 14.9 Å². The topological polar surface area (TPSA) is 61.4 Å². The van der Waals surface area contributed by atoms with Gasteiger partial charge in [0.1, 0.15) is 5.69 Å². The number of anilines is 3. The Kier molecular flexibility index (Phi) is 5.71. The van der Waals surface area contributed by atoms with Gasteiger partial charge in [0, 0.05) is 43.2 Å². The van der Waals surface area contributed by atoms with Crippen LogP contribution < -0.4 is 10.2 Å². The second-order valence-electron chi connectivity index (χ2n) is 6.56. The molecule has 6 heteroatoms. The summed E-state index contributed by atoms with van der Waals surface area (Å²) < 4.78 is 0. The first kappa shape index (κ1) is 18.2. The molecule has 1 aliphatic rings. The van der Waals surface area contributed by atoms with E-state index < -0.39 is 0 Å². The minimum Gasteiger partial charge on any atom is -0.372 e. The number of aromatic nitrogens is 2. The molecule has 0 aliphatic carbocycles. The quantitative estimate of drug-likeness (QED) is 0.859. The van der Waals surface area contributed by atoms with E-state index in [1.165, 1.54) is 18.5 Å². The van der Waals surface area contributed by atoms with Crippen LogP contribution in [0.3, 0.4) is 0 Å². The summed E-state index contributed by atoms with van der Waals surface area (Å²) in [4.78, 5) is 25.6. The average Bonchev–Trinajstić information content (AvgIpc) is 3.17. The minimum atomic E-state index is -0.0621. The first-order valence-electron chi connectivity index (χ1n) is 9.37. The van der Waals surface area contributed by atoms with Gasteiger partial charge in [-0.05, 0) is 63.9 Å². The molecule has 3 rings (SSSR count). The molecule has 0 atom stereocenters. The van der Waals surface area contributed by atoms with Crippen molar-refractivity contribution < 1.29 is 4.79 Å². The molecule has 1 saturated heterocycles. The molecule has 26 heavy (non-hydrogen) atoms. The van der Waals surface area contributed by atoms with E-state index in [9.17, 15) is 4.79 Å². The van der Waals surface area contributed by atoms with Crippen molar-refractivity contribution >= 4 is 23.2 Å². The smallest absolute Gasteiger partial charge is 0.272 e. The van der Waals surface area contributed by atoms with Gasteiger partial charge in [0.05, 0.1) is 0 Å². The lowest BCUT2D eigenvalue weighted by Gasteiger charge is -2.19. The number of benzene rings is 1. The number of nitrogens with zero attached hydrogens (tertiary/aromatic N) is 4. The lowest BCUT2D eigenvalue weighted by Crippen LogP contribution is -2.31. The van der Waals surface area contributed by atoms with Crippen molar-refractivity contribution in [3.63, 3.8) is 0 Å². The lowest BCUT2D eigenvalue weighted by atomic mass is 10.2. The van der Waals surface area contributed by atoms with E-state index in [0.717, 1.165) is 24.5 Å². The fourth-order valence-electron chi connectivity index (χ4n) is 3.27. The van der Waals surface area contributed by atoms with E-state index >= 15 is 0 Å². The first-order chi connectivity index (χ1) is 12.6. The van der Waals surface area contributed by atoms with Crippen LogP contribution in [0.5, 0.6) is 0 Å². The molecule has 138 valence electrons. The van der Waals surface area contributed by atoms with Gasteiger partial charge < -0.3 is 15.1 Å². The van der Waals surface area contributed by atoms with Gasteiger partial charge in [-0.25, -0.2) is 9.97 Å². The summed E-state index contributed by atoms with van der Waals surface area (Å²) in [6.45, 7) is 9.41. The number of carbonyl (C=O) groups is 1. The third-order valence-electron chi connectivity index (χ3n) is 4.72. The second kappa shape index (κ2) is 8.17. The van der Waals surface area contributed by atoms with Gasteiger partial charge in [-0.1, -0.05) is 0 Å². The zero-order valence-electron chi connectivity index (χ0n) is 15.8. The molecule has 2 heterocycles. The van der Waals surface area contributed by atoms with Crippen LogP contribution in [-0.2, 0) is 0 Å². The van der Waals surface area contributed by atoms with Gasteiger partial charge in [-0.2, -0.15) is 0 Å². The maximum atomic E-state index is 12.6. The van der Waals surface area contributed by atoms with Crippen LogP contribution in [-0.4, -0.2) is 47.0 Å². The van der Waals surface area contributed by atoms with Crippen molar-refractivity contribution in [2.75, 3.05) is 36.4 Å². The maximum absolute atomic E-state index is 12.6. The Morgan fingerprint density at radius 1 is 1.12 bits per heavy atom. The summed E-state index contributed by atoms with van der Waals surface area (Å²) in [6.07, 6.45) is 2.53. The summed E-state index contributed by atoms with van der Waals surface area (Å²) in [5.74, 6) is 0.391. The molecule has 0 bridgehead atoms. The number of aryl methyl sites for hydroxylation is 1. The molecule has 1 aromatic heterocycles. The molecule has 0 saturated carbocycles. The molecule has 1 amide bonds. The summed E-state index contributed by atoms with van der Waals surface area (Å²) in [5.41, 5.74) is 3.36. The normalized spacial score (nSPS) is 13.7. The molecule has 2 aromatic rings. The van der Waals surface area contributed by atoms with Gasteiger partial charge in [0.25, 0.3) is 5.91 Å². The van der Waals surface area contributed by atoms with Crippen molar-refractivity contribution in [3.8, 4) is 0 Å². The Balaban J connectivity index is 1.76. The Morgan fingerprint density at radius 2 is 1.77 bits per heavy atom. The molecule has 0 spiro atoms. The highest BCUT2D eigenvalue weighted by atomic mass is 16.2. The minimum absolute atomic E-state index is 0.0621. The highest BCUT2D eigenvalue weighted by Gasteiger charge is 2.16. The molecule has 1 N–H and O–H groups in total. The van der Waals surface area contributed by atoms with Gasteiger partial charge in [-0.15, -0.1) is 0 Å². The van der Waals surface area contributed by atoms with E-state index in [-0.39, 0.29) is 5.91 Å². The third kappa shape index (κ3) is 4.12. The predicted octanol–water partition coefficient (Wildman–Crippen LogP) is 3.61. The molecule has 6 nitrogen and oxygen atoms in total. The number of carbonyl (C=O) groups excluding carboxylic acids is 1. The van der Waals surface area contributed by atoms with Crippen LogP contribution in [0.1, 0.15) is 42.9 Å². The molecule has 0 unspecified atom stereocenters. The zero-order chi connectivity index (χ0) is 18.5. The Labute approximate surface area is 155 Å². The number of nitrogens with one attached hydrogen (secondary N) is 1. The van der Waals surface area contributed by atoms with E-state index in [2.05, 4.69) is 32.3 Å². The third-order valence-corrected chi connectivity index (χ3v) is 4.72. The van der Waals surface area contributed by atoms with E-state index in [0.29, 0.717) is 24.7 Å². The molecule has 0 radical (unpaired) electrons. The maximum Gasteiger partial charge on any atom is 0.272 e. The van der Waals surface area contributed by atoms with Crippen LogP contribution >= 0.6 is 0 Å². The molecular weight excluding hydrogens is 326 g/mol. The summed E-state index contributed by atoms with van der Waals surface area (Å²) in [6, 6.07) is 10.0. The van der Waals surface area contributed by atoms with Crippen LogP contribution in [0.4, 0.5) is 17.3 Å². The van der Waals surface area contributed by atoms with Crippen molar-refractivity contribution in [3.05, 3.63) is 41.7 Å². The molecular formula is C20H27N5O. The van der Waals surface area contributed by atoms with Gasteiger partial charge >= 0.3 is 0 Å². The molecule has 1 aliphatic heterocycles. The van der Waals surface area contributed by atoms with E-state index in [1.807, 2.05) is 32.9 Å². The SMILES string of the molecule is CCN(CC)C(=O)c1cc(C)nc(Nc2ccc(N3CCCC3)cc2)n1. The van der Waals surface area contributed by atoms with Crippen molar-refractivity contribution in [2.24, 2.45) is 0 Å². The van der Waals surface area contributed by atoms with Gasteiger partial charge in [0.15, 0.2) is 0 Å². The second-order valence-corrected chi connectivity index (χ2v) is 6.56. The first-order valence-corrected chi connectivity index (χ1v) is 9.37. The van der Waals surface area contributed by atoms with Gasteiger partial charge in [-0.3, -0.25) is 4.79 Å².